The number of carbonyl (C=O) groups excluding carboxylic acids is 1. The van der Waals surface area contributed by atoms with Crippen LogP contribution >= 0.6 is 0 Å². The third-order valence-electron chi connectivity index (χ3n) is 4.20. The third kappa shape index (κ3) is 3.80. The number of nitrogens with one attached hydrogen (secondary N) is 1. The van der Waals surface area contributed by atoms with Gasteiger partial charge in [0.2, 0.25) is 0 Å². The SMILES string of the molecule is CC(C)(C(=O)Nc1ccc(F)c(F)c1)n1nc(-c2ccc(F)cc2)ccc1=O. The van der Waals surface area contributed by atoms with Crippen molar-refractivity contribution in [3.63, 3.8) is 0 Å². The molecule has 1 N–H and O–H groups in total. The summed E-state index contributed by atoms with van der Waals surface area (Å²) >= 11 is 0. The van der Waals surface area contributed by atoms with Crippen LogP contribution in [0.1, 0.15) is 13.8 Å². The maximum absolute atomic E-state index is 13.4. The van der Waals surface area contributed by atoms with Crippen molar-refractivity contribution in [2.24, 2.45) is 0 Å². The predicted octanol–water partition coefficient (Wildman–Crippen LogP) is 3.70. The van der Waals surface area contributed by atoms with Crippen molar-refractivity contribution in [1.29, 1.82) is 0 Å². The molecule has 0 aliphatic heterocycles. The van der Waals surface area contributed by atoms with E-state index in [2.05, 4.69) is 10.4 Å². The van der Waals surface area contributed by atoms with E-state index in [1.165, 1.54) is 56.3 Å². The molecule has 0 radical (unpaired) electrons. The van der Waals surface area contributed by atoms with E-state index in [0.717, 1.165) is 16.8 Å². The number of nitrogens with zero attached hydrogens (tertiary/aromatic N) is 2. The predicted molar refractivity (Wildman–Crippen MR) is 98.2 cm³/mol. The van der Waals surface area contributed by atoms with Crippen molar-refractivity contribution < 1.29 is 18.0 Å². The lowest BCUT2D eigenvalue weighted by molar-refractivity contribution is -0.123. The molecule has 144 valence electrons. The Kier molecular flexibility index (Phi) is 5.04. The third-order valence-corrected chi connectivity index (χ3v) is 4.20. The topological polar surface area (TPSA) is 64.0 Å². The molecule has 0 bridgehead atoms. The number of hydrogen-bond donors (Lipinski definition) is 1. The summed E-state index contributed by atoms with van der Waals surface area (Å²) in [5, 5.41) is 6.67. The number of aromatic nitrogens is 2. The summed E-state index contributed by atoms with van der Waals surface area (Å²) in [5.74, 6) is -3.21. The Morgan fingerprint density at radius 1 is 0.964 bits per heavy atom. The van der Waals surface area contributed by atoms with E-state index in [1.54, 1.807) is 0 Å². The Balaban J connectivity index is 1.94. The average molecular weight is 387 g/mol. The number of hydrogen-bond acceptors (Lipinski definition) is 3. The monoisotopic (exact) mass is 387 g/mol. The first-order valence-corrected chi connectivity index (χ1v) is 8.32. The fourth-order valence-electron chi connectivity index (χ4n) is 2.54. The highest BCUT2D eigenvalue weighted by molar-refractivity contribution is 5.96. The van der Waals surface area contributed by atoms with Crippen LogP contribution in [0.4, 0.5) is 18.9 Å². The van der Waals surface area contributed by atoms with Crippen LogP contribution in [0.3, 0.4) is 0 Å². The van der Waals surface area contributed by atoms with E-state index < -0.39 is 34.5 Å². The Labute approximate surface area is 158 Å². The lowest BCUT2D eigenvalue weighted by Crippen LogP contribution is -2.47. The second-order valence-electron chi connectivity index (χ2n) is 6.62. The molecular formula is C20H16F3N3O2. The van der Waals surface area contributed by atoms with Crippen molar-refractivity contribution in [2.45, 2.75) is 19.4 Å². The van der Waals surface area contributed by atoms with Crippen LogP contribution in [0, 0.1) is 17.5 Å². The molecule has 5 nitrogen and oxygen atoms in total. The average Bonchev–Trinajstić information content (AvgIpc) is 2.65. The quantitative estimate of drug-likeness (QED) is 0.743. The fourth-order valence-corrected chi connectivity index (χ4v) is 2.54. The summed E-state index contributed by atoms with van der Waals surface area (Å²) in [6, 6.07) is 11.2. The van der Waals surface area contributed by atoms with E-state index >= 15 is 0 Å². The Morgan fingerprint density at radius 3 is 2.29 bits per heavy atom. The van der Waals surface area contributed by atoms with E-state index in [9.17, 15) is 22.8 Å². The Bertz CT molecular complexity index is 1090. The smallest absolute Gasteiger partial charge is 0.267 e. The van der Waals surface area contributed by atoms with Gasteiger partial charge in [0.25, 0.3) is 11.5 Å². The molecule has 0 aliphatic rings. The molecule has 0 aliphatic carbocycles. The zero-order valence-corrected chi connectivity index (χ0v) is 15.0. The molecule has 8 heteroatoms. The Morgan fingerprint density at radius 2 is 1.64 bits per heavy atom. The number of halogens is 3. The molecule has 28 heavy (non-hydrogen) atoms. The fraction of sp³-hybridized carbons (Fsp3) is 0.150. The number of amides is 1. The number of anilines is 1. The number of rotatable bonds is 4. The number of benzene rings is 2. The molecule has 0 unspecified atom stereocenters. The zero-order valence-electron chi connectivity index (χ0n) is 15.0. The van der Waals surface area contributed by atoms with Crippen LogP contribution in [0.25, 0.3) is 11.3 Å². The summed E-state index contributed by atoms with van der Waals surface area (Å²) in [5.41, 5.74) is -1.01. The van der Waals surface area contributed by atoms with E-state index in [-0.39, 0.29) is 5.69 Å². The standard InChI is InChI=1S/C20H16F3N3O2/c1-20(2,19(28)24-14-7-8-15(22)16(23)11-14)26-18(27)10-9-17(25-26)12-3-5-13(21)6-4-12/h3-11H,1-2H3,(H,24,28). The summed E-state index contributed by atoms with van der Waals surface area (Å²) < 4.78 is 40.5. The minimum atomic E-state index is -1.45. The molecule has 0 atom stereocenters. The first-order chi connectivity index (χ1) is 13.2. The van der Waals surface area contributed by atoms with Gasteiger partial charge in [0, 0.05) is 23.4 Å². The highest BCUT2D eigenvalue weighted by Gasteiger charge is 2.32. The van der Waals surface area contributed by atoms with Gasteiger partial charge in [-0.25, -0.2) is 17.9 Å². The molecule has 0 saturated carbocycles. The van der Waals surface area contributed by atoms with Gasteiger partial charge in [-0.05, 0) is 56.3 Å². The van der Waals surface area contributed by atoms with Crippen LogP contribution in [0.15, 0.2) is 59.4 Å². The highest BCUT2D eigenvalue weighted by Crippen LogP contribution is 2.21. The molecule has 2 aromatic carbocycles. The summed E-state index contributed by atoms with van der Waals surface area (Å²) in [6.45, 7) is 2.93. The molecule has 0 fully saturated rings. The van der Waals surface area contributed by atoms with Gasteiger partial charge in [0.15, 0.2) is 11.6 Å². The second-order valence-corrected chi connectivity index (χ2v) is 6.62. The van der Waals surface area contributed by atoms with Crippen LogP contribution in [0.2, 0.25) is 0 Å². The molecule has 0 spiro atoms. The lowest BCUT2D eigenvalue weighted by Gasteiger charge is -2.25. The minimum absolute atomic E-state index is 0.0414. The molecule has 1 aromatic heterocycles. The maximum Gasteiger partial charge on any atom is 0.267 e. The van der Waals surface area contributed by atoms with Crippen molar-refractivity contribution in [3.8, 4) is 11.3 Å². The van der Waals surface area contributed by atoms with Crippen LogP contribution in [-0.4, -0.2) is 15.7 Å². The van der Waals surface area contributed by atoms with Crippen LogP contribution in [-0.2, 0) is 10.3 Å². The minimum Gasteiger partial charge on any atom is -0.324 e. The molecule has 3 rings (SSSR count). The van der Waals surface area contributed by atoms with Gasteiger partial charge in [-0.2, -0.15) is 5.10 Å². The van der Waals surface area contributed by atoms with E-state index in [4.69, 9.17) is 0 Å². The maximum atomic E-state index is 13.4. The lowest BCUT2D eigenvalue weighted by atomic mass is 10.0. The summed E-state index contributed by atoms with van der Waals surface area (Å²) in [4.78, 5) is 25.0. The van der Waals surface area contributed by atoms with Crippen molar-refractivity contribution in [2.75, 3.05) is 5.32 Å². The van der Waals surface area contributed by atoms with Gasteiger partial charge in [-0.15, -0.1) is 0 Å². The van der Waals surface area contributed by atoms with Crippen molar-refractivity contribution in [3.05, 3.63) is 82.4 Å². The second kappa shape index (κ2) is 7.30. The zero-order chi connectivity index (χ0) is 20.5. The molecule has 1 heterocycles. The number of carbonyl (C=O) groups is 1. The Hall–Kier alpha value is -3.42. The summed E-state index contributed by atoms with van der Waals surface area (Å²) in [6.07, 6.45) is 0. The molecule has 1 amide bonds. The van der Waals surface area contributed by atoms with Gasteiger partial charge in [0.1, 0.15) is 11.4 Å². The summed E-state index contributed by atoms with van der Waals surface area (Å²) in [7, 11) is 0. The van der Waals surface area contributed by atoms with Crippen LogP contribution < -0.4 is 10.9 Å². The van der Waals surface area contributed by atoms with Crippen molar-refractivity contribution >= 4 is 11.6 Å². The largest absolute Gasteiger partial charge is 0.324 e. The normalized spacial score (nSPS) is 11.3. The highest BCUT2D eigenvalue weighted by atomic mass is 19.2. The van der Waals surface area contributed by atoms with Gasteiger partial charge in [0.05, 0.1) is 5.69 Å². The van der Waals surface area contributed by atoms with Gasteiger partial charge < -0.3 is 5.32 Å². The van der Waals surface area contributed by atoms with Crippen molar-refractivity contribution in [1.82, 2.24) is 9.78 Å². The first kappa shape index (κ1) is 19.3. The molecule has 3 aromatic rings. The first-order valence-electron chi connectivity index (χ1n) is 8.32. The van der Waals surface area contributed by atoms with Gasteiger partial charge >= 0.3 is 0 Å². The van der Waals surface area contributed by atoms with Crippen LogP contribution in [0.5, 0.6) is 0 Å². The molecule has 0 saturated heterocycles. The van der Waals surface area contributed by atoms with E-state index in [1.807, 2.05) is 0 Å². The van der Waals surface area contributed by atoms with E-state index in [0.29, 0.717) is 11.3 Å². The van der Waals surface area contributed by atoms with Gasteiger partial charge in [-0.1, -0.05) is 0 Å². The molecular weight excluding hydrogens is 371 g/mol. The van der Waals surface area contributed by atoms with Gasteiger partial charge in [-0.3, -0.25) is 9.59 Å².